The van der Waals surface area contributed by atoms with Crippen LogP contribution in [0.15, 0.2) is 51.8 Å². The zero-order chi connectivity index (χ0) is 14.8. The molecule has 0 bridgehead atoms. The fourth-order valence-corrected chi connectivity index (χ4v) is 1.92. The Labute approximate surface area is 119 Å². The lowest BCUT2D eigenvalue weighted by Crippen LogP contribution is -2.16. The van der Waals surface area contributed by atoms with Crippen LogP contribution in [0.4, 0.5) is 5.95 Å². The van der Waals surface area contributed by atoms with E-state index in [1.807, 2.05) is 0 Å². The van der Waals surface area contributed by atoms with E-state index in [1.54, 1.807) is 37.3 Å². The average Bonchev–Trinajstić information content (AvgIpc) is 2.47. The number of aromatic nitrogens is 2. The number of carbonyl (C=O) groups is 1. The van der Waals surface area contributed by atoms with E-state index in [9.17, 15) is 9.59 Å². The summed E-state index contributed by atoms with van der Waals surface area (Å²) in [7, 11) is 0. The second-order valence-electron chi connectivity index (χ2n) is 4.46. The summed E-state index contributed by atoms with van der Waals surface area (Å²) >= 11 is 0. The van der Waals surface area contributed by atoms with E-state index in [0.717, 1.165) is 5.69 Å². The van der Waals surface area contributed by atoms with E-state index in [2.05, 4.69) is 15.3 Å². The fourth-order valence-electron chi connectivity index (χ4n) is 1.92. The van der Waals surface area contributed by atoms with Gasteiger partial charge in [-0.25, -0.2) is 14.8 Å². The first-order chi connectivity index (χ1) is 10.1. The number of hydrogen-bond donors (Lipinski definition) is 1. The standard InChI is InChI=1S/C15H11N3O3/c1-9-6-7-16-15(17-9)18-13(19)12-8-10-4-2-3-5-11(10)14(20)21-12/h2-8H,1H3,(H,16,17,18,19). The molecule has 0 spiro atoms. The Morgan fingerprint density at radius 2 is 2.05 bits per heavy atom. The van der Waals surface area contributed by atoms with Gasteiger partial charge in [0.2, 0.25) is 5.95 Å². The molecule has 0 saturated heterocycles. The van der Waals surface area contributed by atoms with Crippen LogP contribution in [-0.4, -0.2) is 15.9 Å². The highest BCUT2D eigenvalue weighted by molar-refractivity contribution is 6.03. The fraction of sp³-hybridized carbons (Fsp3) is 0.0667. The monoisotopic (exact) mass is 281 g/mol. The number of carbonyl (C=O) groups excluding carboxylic acids is 1. The van der Waals surface area contributed by atoms with Crippen molar-refractivity contribution in [1.29, 1.82) is 0 Å². The molecular formula is C15H11N3O3. The number of hydrogen-bond acceptors (Lipinski definition) is 5. The predicted molar refractivity (Wildman–Crippen MR) is 77.2 cm³/mol. The molecule has 3 rings (SSSR count). The first kappa shape index (κ1) is 13.0. The van der Waals surface area contributed by atoms with Crippen LogP contribution < -0.4 is 10.9 Å². The molecule has 1 aromatic carbocycles. The number of rotatable bonds is 2. The molecule has 3 aromatic rings. The van der Waals surface area contributed by atoms with Gasteiger partial charge in [-0.2, -0.15) is 0 Å². The Kier molecular flexibility index (Phi) is 3.19. The molecule has 0 fully saturated rings. The van der Waals surface area contributed by atoms with E-state index in [0.29, 0.717) is 10.8 Å². The summed E-state index contributed by atoms with van der Waals surface area (Å²) in [5.41, 5.74) is 0.170. The van der Waals surface area contributed by atoms with E-state index >= 15 is 0 Å². The minimum absolute atomic E-state index is 0.0798. The molecule has 6 nitrogen and oxygen atoms in total. The SMILES string of the molecule is Cc1ccnc(NC(=O)c2cc3ccccc3c(=O)o2)n1. The Morgan fingerprint density at radius 1 is 1.24 bits per heavy atom. The van der Waals surface area contributed by atoms with Crippen LogP contribution in [0.3, 0.4) is 0 Å². The van der Waals surface area contributed by atoms with Crippen molar-refractivity contribution in [2.75, 3.05) is 5.32 Å². The van der Waals surface area contributed by atoms with Crippen LogP contribution in [0.1, 0.15) is 16.2 Å². The summed E-state index contributed by atoms with van der Waals surface area (Å²) in [5.74, 6) is -0.483. The number of amides is 1. The quantitative estimate of drug-likeness (QED) is 0.777. The normalized spacial score (nSPS) is 10.5. The summed E-state index contributed by atoms with van der Waals surface area (Å²) in [6, 6.07) is 10.1. The highest BCUT2D eigenvalue weighted by Gasteiger charge is 2.13. The number of nitrogens with zero attached hydrogens (tertiary/aromatic N) is 2. The minimum Gasteiger partial charge on any atom is -0.417 e. The first-order valence-electron chi connectivity index (χ1n) is 6.27. The van der Waals surface area contributed by atoms with Crippen LogP contribution in [0.2, 0.25) is 0 Å². The molecule has 0 aliphatic carbocycles. The van der Waals surface area contributed by atoms with Crippen LogP contribution in [0.25, 0.3) is 10.8 Å². The molecule has 0 unspecified atom stereocenters. The molecule has 1 N–H and O–H groups in total. The van der Waals surface area contributed by atoms with E-state index in [1.165, 1.54) is 12.3 Å². The van der Waals surface area contributed by atoms with Crippen molar-refractivity contribution in [2.45, 2.75) is 6.92 Å². The molecule has 0 aliphatic heterocycles. The van der Waals surface area contributed by atoms with Gasteiger partial charge < -0.3 is 4.42 Å². The van der Waals surface area contributed by atoms with Crippen LogP contribution in [-0.2, 0) is 0 Å². The van der Waals surface area contributed by atoms with Gasteiger partial charge >= 0.3 is 5.63 Å². The van der Waals surface area contributed by atoms with E-state index in [4.69, 9.17) is 4.42 Å². The average molecular weight is 281 g/mol. The molecule has 104 valence electrons. The summed E-state index contributed by atoms with van der Waals surface area (Å²) in [6.45, 7) is 1.79. The third-order valence-corrected chi connectivity index (χ3v) is 2.91. The van der Waals surface area contributed by atoms with Gasteiger partial charge in [0.1, 0.15) is 0 Å². The molecule has 0 aliphatic rings. The van der Waals surface area contributed by atoms with Crippen LogP contribution in [0, 0.1) is 6.92 Å². The van der Waals surface area contributed by atoms with Gasteiger partial charge in [-0.1, -0.05) is 18.2 Å². The maximum absolute atomic E-state index is 12.1. The first-order valence-corrected chi connectivity index (χ1v) is 6.27. The topological polar surface area (TPSA) is 85.1 Å². The number of anilines is 1. The summed E-state index contributed by atoms with van der Waals surface area (Å²) in [4.78, 5) is 31.9. The molecule has 0 saturated carbocycles. The van der Waals surface area contributed by atoms with Gasteiger partial charge in [0, 0.05) is 11.9 Å². The van der Waals surface area contributed by atoms with Crippen molar-refractivity contribution >= 4 is 22.6 Å². The third-order valence-electron chi connectivity index (χ3n) is 2.91. The van der Waals surface area contributed by atoms with Gasteiger partial charge in [0.05, 0.1) is 5.39 Å². The smallest absolute Gasteiger partial charge is 0.344 e. The molecule has 1 amide bonds. The maximum Gasteiger partial charge on any atom is 0.344 e. The summed E-state index contributed by atoms with van der Waals surface area (Å²) in [5, 5.41) is 3.57. The van der Waals surface area contributed by atoms with Crippen LogP contribution in [0.5, 0.6) is 0 Å². The zero-order valence-corrected chi connectivity index (χ0v) is 11.2. The lowest BCUT2D eigenvalue weighted by molar-refractivity contribution is 0.0992. The largest absolute Gasteiger partial charge is 0.417 e. The number of benzene rings is 1. The number of fused-ring (bicyclic) bond motifs is 1. The Balaban J connectivity index is 1.96. The highest BCUT2D eigenvalue weighted by atomic mass is 16.4. The van der Waals surface area contributed by atoms with Crippen molar-refractivity contribution in [2.24, 2.45) is 0 Å². The second kappa shape index (κ2) is 5.16. The summed E-state index contributed by atoms with van der Waals surface area (Å²) < 4.78 is 5.03. The van der Waals surface area contributed by atoms with Gasteiger partial charge in [-0.15, -0.1) is 0 Å². The summed E-state index contributed by atoms with van der Waals surface area (Å²) in [6.07, 6.45) is 1.54. The lowest BCUT2D eigenvalue weighted by atomic mass is 10.1. The Bertz CT molecular complexity index is 886. The highest BCUT2D eigenvalue weighted by Crippen LogP contribution is 2.12. The molecular weight excluding hydrogens is 270 g/mol. The minimum atomic E-state index is -0.566. The number of nitrogens with one attached hydrogen (secondary N) is 1. The van der Waals surface area contributed by atoms with Crippen LogP contribution >= 0.6 is 0 Å². The molecule has 0 radical (unpaired) electrons. The second-order valence-corrected chi connectivity index (χ2v) is 4.46. The lowest BCUT2D eigenvalue weighted by Gasteiger charge is -2.04. The van der Waals surface area contributed by atoms with Crippen molar-refractivity contribution < 1.29 is 9.21 Å². The van der Waals surface area contributed by atoms with Crippen molar-refractivity contribution in [3.05, 3.63) is 64.5 Å². The van der Waals surface area contributed by atoms with Gasteiger partial charge in [0.15, 0.2) is 5.76 Å². The molecule has 6 heteroatoms. The predicted octanol–water partition coefficient (Wildman–Crippen LogP) is 2.14. The molecule has 0 atom stereocenters. The van der Waals surface area contributed by atoms with Gasteiger partial charge in [0.25, 0.3) is 5.91 Å². The number of aryl methyl sites for hydroxylation is 1. The van der Waals surface area contributed by atoms with Gasteiger partial charge in [-0.05, 0) is 30.5 Å². The van der Waals surface area contributed by atoms with Gasteiger partial charge in [-0.3, -0.25) is 10.1 Å². The van der Waals surface area contributed by atoms with Crippen molar-refractivity contribution in [3.8, 4) is 0 Å². The Morgan fingerprint density at radius 3 is 2.86 bits per heavy atom. The third kappa shape index (κ3) is 2.64. The molecule has 2 aromatic heterocycles. The maximum atomic E-state index is 12.1. The molecule has 2 heterocycles. The van der Waals surface area contributed by atoms with Crippen molar-refractivity contribution in [3.63, 3.8) is 0 Å². The van der Waals surface area contributed by atoms with Crippen molar-refractivity contribution in [1.82, 2.24) is 9.97 Å². The molecule has 21 heavy (non-hydrogen) atoms. The zero-order valence-electron chi connectivity index (χ0n) is 11.2. The van der Waals surface area contributed by atoms with E-state index < -0.39 is 11.5 Å². The Hall–Kier alpha value is -3.02. The van der Waals surface area contributed by atoms with E-state index in [-0.39, 0.29) is 11.7 Å².